The van der Waals surface area contributed by atoms with Gasteiger partial charge in [0.2, 0.25) is 5.58 Å². The molecule has 0 fully saturated rings. The fourth-order valence-electron chi connectivity index (χ4n) is 4.03. The lowest BCUT2D eigenvalue weighted by molar-refractivity contribution is 0.168. The molecule has 0 radical (unpaired) electrons. The molecule has 0 spiro atoms. The van der Waals surface area contributed by atoms with Gasteiger partial charge in [-0.25, -0.2) is 4.98 Å². The Hall–Kier alpha value is -2.44. The summed E-state index contributed by atoms with van der Waals surface area (Å²) in [7, 11) is 0. The van der Waals surface area contributed by atoms with Gasteiger partial charge in [-0.05, 0) is 42.0 Å². The Morgan fingerprint density at radius 3 is 3.12 bits per heavy atom. The molecule has 1 aromatic carbocycles. The molecule has 3 aromatic heterocycles. The lowest BCUT2D eigenvalue weighted by atomic mass is 9.98. The van der Waals surface area contributed by atoms with Crippen LogP contribution in [0.5, 0.6) is 0 Å². The number of furan rings is 1. The number of hydrogen-bond acceptors (Lipinski definition) is 5. The first-order valence-corrected chi connectivity index (χ1v) is 9.83. The van der Waals surface area contributed by atoms with E-state index in [0.717, 1.165) is 24.8 Å². The van der Waals surface area contributed by atoms with Crippen LogP contribution in [-0.2, 0) is 13.0 Å². The van der Waals surface area contributed by atoms with Gasteiger partial charge in [-0.3, -0.25) is 9.69 Å². The zero-order valence-electron chi connectivity index (χ0n) is 14.5. The van der Waals surface area contributed by atoms with Crippen molar-refractivity contribution < 1.29 is 4.42 Å². The van der Waals surface area contributed by atoms with Gasteiger partial charge in [0.1, 0.15) is 16.9 Å². The van der Waals surface area contributed by atoms with E-state index in [0.29, 0.717) is 35.1 Å². The average molecular weight is 365 g/mol. The molecule has 1 atom stereocenters. The van der Waals surface area contributed by atoms with Crippen LogP contribution in [0.25, 0.3) is 22.1 Å². The molecule has 0 saturated carbocycles. The lowest BCUT2D eigenvalue weighted by Gasteiger charge is -2.34. The van der Waals surface area contributed by atoms with Gasteiger partial charge in [-0.1, -0.05) is 19.1 Å². The summed E-state index contributed by atoms with van der Waals surface area (Å²) in [5.41, 5.74) is 2.88. The molecule has 4 aromatic rings. The number of thiophene rings is 1. The van der Waals surface area contributed by atoms with Crippen LogP contribution in [0.3, 0.4) is 0 Å². The Kier molecular flexibility index (Phi) is 3.69. The number of para-hydroxylation sites is 1. The van der Waals surface area contributed by atoms with E-state index in [2.05, 4.69) is 28.3 Å². The van der Waals surface area contributed by atoms with Crippen molar-refractivity contribution in [3.63, 3.8) is 0 Å². The molecule has 0 amide bonds. The topological polar surface area (TPSA) is 62.1 Å². The van der Waals surface area contributed by atoms with Crippen molar-refractivity contribution in [2.75, 3.05) is 6.54 Å². The van der Waals surface area contributed by atoms with Crippen molar-refractivity contribution in [3.8, 4) is 0 Å². The van der Waals surface area contributed by atoms with Crippen LogP contribution in [-0.4, -0.2) is 21.4 Å². The van der Waals surface area contributed by atoms with Crippen LogP contribution >= 0.6 is 11.3 Å². The zero-order chi connectivity index (χ0) is 17.7. The molecule has 1 aliphatic heterocycles. The maximum atomic E-state index is 12.5. The van der Waals surface area contributed by atoms with E-state index in [9.17, 15) is 4.79 Å². The first-order chi connectivity index (χ1) is 12.7. The van der Waals surface area contributed by atoms with Gasteiger partial charge in [-0.15, -0.1) is 11.3 Å². The Balaban J connectivity index is 1.55. The number of aromatic amines is 1. The SMILES string of the molecule is CC[C@H]1c2ccsc2CCN1Cc1nc2c(oc3ccccc32)c(=O)[nH]1. The minimum absolute atomic E-state index is 0.206. The van der Waals surface area contributed by atoms with Gasteiger partial charge in [0.15, 0.2) is 0 Å². The van der Waals surface area contributed by atoms with Crippen LogP contribution in [0.2, 0.25) is 0 Å². The highest BCUT2D eigenvalue weighted by Gasteiger charge is 2.27. The average Bonchev–Trinajstić information content (AvgIpc) is 3.26. The molecule has 26 heavy (non-hydrogen) atoms. The number of hydrogen-bond donors (Lipinski definition) is 1. The Morgan fingerprint density at radius 2 is 2.23 bits per heavy atom. The first-order valence-electron chi connectivity index (χ1n) is 8.95. The number of benzene rings is 1. The molecular weight excluding hydrogens is 346 g/mol. The highest BCUT2D eigenvalue weighted by atomic mass is 32.1. The Morgan fingerprint density at radius 1 is 1.35 bits per heavy atom. The van der Waals surface area contributed by atoms with Crippen molar-refractivity contribution in [3.05, 3.63) is 62.3 Å². The van der Waals surface area contributed by atoms with Crippen molar-refractivity contribution >= 4 is 33.4 Å². The van der Waals surface area contributed by atoms with E-state index in [4.69, 9.17) is 9.40 Å². The monoisotopic (exact) mass is 365 g/mol. The quantitative estimate of drug-likeness (QED) is 0.590. The van der Waals surface area contributed by atoms with Crippen LogP contribution in [0.15, 0.2) is 44.9 Å². The van der Waals surface area contributed by atoms with Crippen molar-refractivity contribution in [2.24, 2.45) is 0 Å². The Labute approximate surface area is 154 Å². The molecule has 0 aliphatic carbocycles. The van der Waals surface area contributed by atoms with E-state index in [-0.39, 0.29) is 5.56 Å². The first kappa shape index (κ1) is 15.8. The number of rotatable bonds is 3. The second-order valence-corrected chi connectivity index (χ2v) is 7.73. The van der Waals surface area contributed by atoms with Crippen LogP contribution < -0.4 is 5.56 Å². The molecular formula is C20H19N3O2S. The Bertz CT molecular complexity index is 1160. The summed E-state index contributed by atoms with van der Waals surface area (Å²) in [6.45, 7) is 3.84. The second kappa shape index (κ2) is 6.07. The summed E-state index contributed by atoms with van der Waals surface area (Å²) in [4.78, 5) is 24.1. The minimum Gasteiger partial charge on any atom is -0.449 e. The highest BCUT2D eigenvalue weighted by Crippen LogP contribution is 2.35. The van der Waals surface area contributed by atoms with Gasteiger partial charge >= 0.3 is 0 Å². The van der Waals surface area contributed by atoms with Crippen molar-refractivity contribution in [1.29, 1.82) is 0 Å². The fourth-order valence-corrected chi connectivity index (χ4v) is 4.96. The summed E-state index contributed by atoms with van der Waals surface area (Å²) in [6.07, 6.45) is 2.11. The number of fused-ring (bicyclic) bond motifs is 4. The minimum atomic E-state index is -0.206. The molecule has 1 aliphatic rings. The van der Waals surface area contributed by atoms with Crippen molar-refractivity contribution in [2.45, 2.75) is 32.4 Å². The third-order valence-corrected chi connectivity index (χ3v) is 6.22. The van der Waals surface area contributed by atoms with Gasteiger partial charge in [0.25, 0.3) is 5.56 Å². The third kappa shape index (κ3) is 2.40. The summed E-state index contributed by atoms with van der Waals surface area (Å²) in [6, 6.07) is 10.3. The predicted octanol–water partition coefficient (Wildman–Crippen LogP) is 4.24. The standard InChI is InChI=1S/C20H19N3O2S/c1-2-14-12-8-10-26-16(12)7-9-23(14)11-17-21-18-13-5-3-4-6-15(13)25-19(18)20(24)22-17/h3-6,8,10,14H,2,7,9,11H2,1H3,(H,21,22,24)/t14-/m0/s1. The summed E-state index contributed by atoms with van der Waals surface area (Å²) in [5.74, 6) is 0.700. The van der Waals surface area contributed by atoms with E-state index >= 15 is 0 Å². The van der Waals surface area contributed by atoms with Gasteiger partial charge < -0.3 is 9.40 Å². The highest BCUT2D eigenvalue weighted by molar-refractivity contribution is 7.10. The van der Waals surface area contributed by atoms with Crippen molar-refractivity contribution in [1.82, 2.24) is 14.9 Å². The van der Waals surface area contributed by atoms with Crippen LogP contribution in [0, 0.1) is 0 Å². The summed E-state index contributed by atoms with van der Waals surface area (Å²) in [5, 5.41) is 3.07. The molecule has 1 N–H and O–H groups in total. The van der Waals surface area contributed by atoms with Crippen LogP contribution in [0.1, 0.15) is 35.7 Å². The van der Waals surface area contributed by atoms with Crippen LogP contribution in [0.4, 0.5) is 0 Å². The van der Waals surface area contributed by atoms with Gasteiger partial charge in [-0.2, -0.15) is 0 Å². The number of nitrogens with zero attached hydrogens (tertiary/aromatic N) is 2. The van der Waals surface area contributed by atoms with E-state index in [1.54, 1.807) is 0 Å². The van der Waals surface area contributed by atoms with E-state index < -0.39 is 0 Å². The molecule has 0 saturated heterocycles. The molecule has 0 unspecified atom stereocenters. The predicted molar refractivity (Wildman–Crippen MR) is 104 cm³/mol. The van der Waals surface area contributed by atoms with Gasteiger partial charge in [0, 0.05) is 22.8 Å². The molecule has 4 heterocycles. The van der Waals surface area contributed by atoms with Gasteiger partial charge in [0.05, 0.1) is 6.54 Å². The largest absolute Gasteiger partial charge is 0.449 e. The molecule has 6 heteroatoms. The normalized spacial score (nSPS) is 17.8. The smallest absolute Gasteiger partial charge is 0.294 e. The maximum Gasteiger partial charge on any atom is 0.294 e. The zero-order valence-corrected chi connectivity index (χ0v) is 15.3. The number of H-pyrrole nitrogens is 1. The summed E-state index contributed by atoms with van der Waals surface area (Å²) < 4.78 is 5.69. The molecule has 0 bridgehead atoms. The second-order valence-electron chi connectivity index (χ2n) is 6.73. The fraction of sp³-hybridized carbons (Fsp3) is 0.300. The number of nitrogens with one attached hydrogen (secondary N) is 1. The molecule has 132 valence electrons. The van der Waals surface area contributed by atoms with E-state index in [1.165, 1.54) is 10.4 Å². The number of aromatic nitrogens is 2. The summed E-state index contributed by atoms with van der Waals surface area (Å²) >= 11 is 1.85. The van der Waals surface area contributed by atoms with E-state index in [1.807, 2.05) is 35.6 Å². The lowest BCUT2D eigenvalue weighted by Crippen LogP contribution is -2.35. The molecule has 5 rings (SSSR count). The maximum absolute atomic E-state index is 12.5. The third-order valence-electron chi connectivity index (χ3n) is 5.23. The molecule has 5 nitrogen and oxygen atoms in total.